The number of nitrogens with zero attached hydrogens (tertiary/aromatic N) is 2. The van der Waals surface area contributed by atoms with Gasteiger partial charge in [-0.05, 0) is 18.6 Å². The fourth-order valence-electron chi connectivity index (χ4n) is 2.70. The lowest BCUT2D eigenvalue weighted by Crippen LogP contribution is -2.18. The summed E-state index contributed by atoms with van der Waals surface area (Å²) < 4.78 is 1.68. The number of carbonyl (C=O) groups excluding carboxylic acids is 2. The average molecular weight is 337 g/mol. The largest absolute Gasteiger partial charge is 0.337 e. The molecule has 0 aliphatic carbocycles. The first-order valence-corrected chi connectivity index (χ1v) is 7.57. The first-order chi connectivity index (χ1) is 12.0. The van der Waals surface area contributed by atoms with E-state index in [0.717, 1.165) is 22.8 Å². The van der Waals surface area contributed by atoms with Crippen molar-refractivity contribution in [1.82, 2.24) is 4.57 Å². The van der Waals surface area contributed by atoms with Gasteiger partial charge in [0.2, 0.25) is 5.91 Å². The van der Waals surface area contributed by atoms with Crippen LogP contribution >= 0.6 is 0 Å². The summed E-state index contributed by atoms with van der Waals surface area (Å²) in [6.45, 7) is 1.76. The van der Waals surface area contributed by atoms with Gasteiger partial charge in [-0.3, -0.25) is 19.7 Å². The van der Waals surface area contributed by atoms with Gasteiger partial charge in [-0.1, -0.05) is 24.3 Å². The van der Waals surface area contributed by atoms with Crippen molar-refractivity contribution >= 4 is 34.5 Å². The van der Waals surface area contributed by atoms with Crippen LogP contribution in [0.3, 0.4) is 0 Å². The molecule has 1 aromatic heterocycles. The van der Waals surface area contributed by atoms with Crippen molar-refractivity contribution in [2.45, 2.75) is 13.5 Å². The molecular formula is C18H15N3O4. The number of aromatic nitrogens is 1. The van der Waals surface area contributed by atoms with E-state index in [1.165, 1.54) is 12.1 Å². The van der Waals surface area contributed by atoms with E-state index in [1.54, 1.807) is 23.8 Å². The van der Waals surface area contributed by atoms with Crippen LogP contribution in [0, 0.1) is 17.0 Å². The lowest BCUT2D eigenvalue weighted by atomic mass is 10.2. The number of rotatable bonds is 5. The molecule has 7 nitrogen and oxygen atoms in total. The second-order valence-electron chi connectivity index (χ2n) is 5.65. The molecule has 0 atom stereocenters. The van der Waals surface area contributed by atoms with E-state index in [2.05, 4.69) is 5.32 Å². The van der Waals surface area contributed by atoms with Gasteiger partial charge < -0.3 is 9.88 Å². The number of non-ortho nitro benzene ring substituents is 1. The van der Waals surface area contributed by atoms with Crippen molar-refractivity contribution in [3.05, 3.63) is 69.9 Å². The van der Waals surface area contributed by atoms with Crippen molar-refractivity contribution in [3.8, 4) is 0 Å². The zero-order valence-electron chi connectivity index (χ0n) is 13.4. The van der Waals surface area contributed by atoms with Crippen LogP contribution in [0.1, 0.15) is 15.9 Å². The molecule has 2 aromatic carbocycles. The summed E-state index contributed by atoms with van der Waals surface area (Å²) in [7, 11) is 0. The molecule has 0 radical (unpaired) electrons. The number of benzene rings is 2. The van der Waals surface area contributed by atoms with Crippen LogP contribution in [-0.2, 0) is 11.3 Å². The Morgan fingerprint density at radius 3 is 2.76 bits per heavy atom. The summed E-state index contributed by atoms with van der Waals surface area (Å²) in [4.78, 5) is 33.9. The number of hydrogen-bond acceptors (Lipinski definition) is 4. The van der Waals surface area contributed by atoms with Gasteiger partial charge in [0.15, 0.2) is 6.29 Å². The van der Waals surface area contributed by atoms with Gasteiger partial charge >= 0.3 is 0 Å². The average Bonchev–Trinajstić information content (AvgIpc) is 2.94. The highest BCUT2D eigenvalue weighted by Crippen LogP contribution is 2.23. The van der Waals surface area contributed by atoms with Crippen LogP contribution < -0.4 is 5.32 Å². The highest BCUT2D eigenvalue weighted by Gasteiger charge is 2.13. The Bertz CT molecular complexity index is 991. The Hall–Kier alpha value is -3.48. The van der Waals surface area contributed by atoms with Gasteiger partial charge in [0.25, 0.3) is 5.69 Å². The second kappa shape index (κ2) is 6.56. The summed E-state index contributed by atoms with van der Waals surface area (Å²) >= 11 is 0. The number of aldehydes is 1. The fraction of sp³-hybridized carbons (Fsp3) is 0.111. The van der Waals surface area contributed by atoms with Crippen LogP contribution in [-0.4, -0.2) is 21.7 Å². The third-order valence-electron chi connectivity index (χ3n) is 3.97. The Kier molecular flexibility index (Phi) is 4.30. The lowest BCUT2D eigenvalue weighted by Gasteiger charge is -2.09. The van der Waals surface area contributed by atoms with E-state index >= 15 is 0 Å². The molecular weight excluding hydrogens is 322 g/mol. The minimum atomic E-state index is -0.509. The molecule has 0 spiro atoms. The molecule has 3 aromatic rings. The number of carbonyl (C=O) groups is 2. The normalized spacial score (nSPS) is 10.6. The number of nitro benzene ring substituents is 1. The first kappa shape index (κ1) is 16.4. The van der Waals surface area contributed by atoms with E-state index in [-0.39, 0.29) is 18.1 Å². The van der Waals surface area contributed by atoms with Crippen molar-refractivity contribution < 1.29 is 14.5 Å². The van der Waals surface area contributed by atoms with Crippen molar-refractivity contribution in [3.63, 3.8) is 0 Å². The summed E-state index contributed by atoms with van der Waals surface area (Å²) in [5.74, 6) is -0.332. The number of aryl methyl sites for hydroxylation is 1. The van der Waals surface area contributed by atoms with Gasteiger partial charge in [0.05, 0.1) is 10.6 Å². The molecule has 0 aliphatic heterocycles. The van der Waals surface area contributed by atoms with E-state index < -0.39 is 4.92 Å². The molecule has 0 saturated carbocycles. The molecule has 0 fully saturated rings. The van der Waals surface area contributed by atoms with Gasteiger partial charge in [-0.2, -0.15) is 0 Å². The summed E-state index contributed by atoms with van der Waals surface area (Å²) in [6, 6.07) is 11.6. The van der Waals surface area contributed by atoms with Gasteiger partial charge in [-0.15, -0.1) is 0 Å². The van der Waals surface area contributed by atoms with E-state index in [9.17, 15) is 19.7 Å². The number of nitrogens with one attached hydrogen (secondary N) is 1. The Labute approximate surface area is 143 Å². The van der Waals surface area contributed by atoms with E-state index in [1.807, 2.05) is 24.3 Å². The predicted octanol–water partition coefficient (Wildman–Crippen LogP) is 3.31. The number of hydrogen-bond donors (Lipinski definition) is 1. The molecule has 0 unspecified atom stereocenters. The maximum Gasteiger partial charge on any atom is 0.271 e. The number of fused-ring (bicyclic) bond motifs is 1. The maximum atomic E-state index is 12.4. The molecule has 0 aliphatic rings. The Morgan fingerprint density at radius 2 is 2.04 bits per heavy atom. The van der Waals surface area contributed by atoms with Crippen LogP contribution in [0.4, 0.5) is 11.4 Å². The zero-order chi connectivity index (χ0) is 18.0. The number of para-hydroxylation sites is 1. The zero-order valence-corrected chi connectivity index (χ0v) is 13.4. The van der Waals surface area contributed by atoms with Crippen molar-refractivity contribution in [1.29, 1.82) is 0 Å². The molecule has 7 heteroatoms. The minimum Gasteiger partial charge on any atom is -0.337 e. The molecule has 25 heavy (non-hydrogen) atoms. The van der Waals surface area contributed by atoms with E-state index in [4.69, 9.17) is 0 Å². The molecule has 0 bridgehead atoms. The third kappa shape index (κ3) is 3.25. The molecule has 1 heterocycles. The topological polar surface area (TPSA) is 94.2 Å². The predicted molar refractivity (Wildman–Crippen MR) is 93.8 cm³/mol. The molecule has 1 amide bonds. The standard InChI is InChI=1S/C18H15N3O4/c1-12-6-7-14(21(24)25)8-16(12)19-18(23)10-20-9-13(11-22)15-4-2-3-5-17(15)20/h2-9,11H,10H2,1H3,(H,19,23). The number of anilines is 1. The molecule has 126 valence electrons. The highest BCUT2D eigenvalue weighted by molar-refractivity contribution is 5.99. The molecule has 3 rings (SSSR count). The van der Waals surface area contributed by atoms with Crippen LogP contribution in [0.2, 0.25) is 0 Å². The summed E-state index contributed by atoms with van der Waals surface area (Å²) in [5, 5.41) is 14.3. The SMILES string of the molecule is Cc1ccc([N+](=O)[O-])cc1NC(=O)Cn1cc(C=O)c2ccccc21. The van der Waals surface area contributed by atoms with Crippen LogP contribution in [0.5, 0.6) is 0 Å². The smallest absolute Gasteiger partial charge is 0.271 e. The van der Waals surface area contributed by atoms with Crippen molar-refractivity contribution in [2.24, 2.45) is 0 Å². The Morgan fingerprint density at radius 1 is 1.28 bits per heavy atom. The molecule has 1 N–H and O–H groups in total. The first-order valence-electron chi connectivity index (χ1n) is 7.57. The van der Waals surface area contributed by atoms with E-state index in [0.29, 0.717) is 11.3 Å². The van der Waals surface area contributed by atoms with Crippen LogP contribution in [0.25, 0.3) is 10.9 Å². The van der Waals surface area contributed by atoms with Gasteiger partial charge in [0.1, 0.15) is 6.54 Å². The quantitative estimate of drug-likeness (QED) is 0.439. The summed E-state index contributed by atoms with van der Waals surface area (Å²) in [6.07, 6.45) is 2.37. The minimum absolute atomic E-state index is 0.00349. The van der Waals surface area contributed by atoms with Gasteiger partial charge in [-0.25, -0.2) is 0 Å². The second-order valence-corrected chi connectivity index (χ2v) is 5.65. The molecule has 0 saturated heterocycles. The monoisotopic (exact) mass is 337 g/mol. The highest BCUT2D eigenvalue weighted by atomic mass is 16.6. The lowest BCUT2D eigenvalue weighted by molar-refractivity contribution is -0.384. The summed E-state index contributed by atoms with van der Waals surface area (Å²) in [5.41, 5.74) is 2.32. The maximum absolute atomic E-state index is 12.4. The van der Waals surface area contributed by atoms with Crippen LogP contribution in [0.15, 0.2) is 48.7 Å². The number of amides is 1. The van der Waals surface area contributed by atoms with Gasteiger partial charge in [0, 0.05) is 34.8 Å². The van der Waals surface area contributed by atoms with Crippen molar-refractivity contribution in [2.75, 3.05) is 5.32 Å². The Balaban J connectivity index is 1.85. The fourth-order valence-corrected chi connectivity index (χ4v) is 2.70. The number of nitro groups is 1. The third-order valence-corrected chi connectivity index (χ3v) is 3.97.